The van der Waals surface area contributed by atoms with Crippen LogP contribution in [-0.2, 0) is 14.3 Å². The van der Waals surface area contributed by atoms with Crippen LogP contribution in [0.2, 0.25) is 0 Å². The van der Waals surface area contributed by atoms with Gasteiger partial charge in [0.15, 0.2) is 5.92 Å². The third kappa shape index (κ3) is 4.50. The Bertz CT molecular complexity index is 176. The zero-order valence-corrected chi connectivity index (χ0v) is 8.08. The highest BCUT2D eigenvalue weighted by Crippen LogP contribution is 2.10. The molecular weight excluding hydrogens is 172 g/mol. The van der Waals surface area contributed by atoms with Crippen molar-refractivity contribution in [1.29, 1.82) is 0 Å². The molecule has 0 aromatic carbocycles. The van der Waals surface area contributed by atoms with E-state index in [1.807, 2.05) is 6.92 Å². The van der Waals surface area contributed by atoms with Crippen LogP contribution in [0.25, 0.3) is 0 Å². The van der Waals surface area contributed by atoms with Crippen LogP contribution in [0.5, 0.6) is 0 Å². The molecule has 0 radical (unpaired) electrons. The molecule has 0 rings (SSSR count). The summed E-state index contributed by atoms with van der Waals surface area (Å²) in [6, 6.07) is 0. The molecule has 0 aliphatic carbocycles. The number of carboxylic acid groups (broad SMARTS) is 1. The van der Waals surface area contributed by atoms with E-state index in [0.717, 1.165) is 12.8 Å². The Hall–Kier alpha value is -1.06. The van der Waals surface area contributed by atoms with Gasteiger partial charge in [-0.3, -0.25) is 9.59 Å². The Morgan fingerprint density at radius 2 is 2.00 bits per heavy atom. The number of carbonyl (C=O) groups excluding carboxylic acids is 1. The second-order valence-electron chi connectivity index (χ2n) is 2.79. The lowest BCUT2D eigenvalue weighted by Gasteiger charge is -2.09. The Morgan fingerprint density at radius 3 is 2.38 bits per heavy atom. The largest absolute Gasteiger partial charge is 0.481 e. The van der Waals surface area contributed by atoms with Gasteiger partial charge in [0.05, 0.1) is 6.61 Å². The topological polar surface area (TPSA) is 63.6 Å². The molecule has 0 fully saturated rings. The van der Waals surface area contributed by atoms with E-state index >= 15 is 0 Å². The third-order valence-electron chi connectivity index (χ3n) is 1.72. The van der Waals surface area contributed by atoms with Crippen LogP contribution in [0.4, 0.5) is 0 Å². The number of carbonyl (C=O) groups is 2. The number of aliphatic carboxylic acids is 1. The van der Waals surface area contributed by atoms with E-state index in [-0.39, 0.29) is 6.61 Å². The minimum Gasteiger partial charge on any atom is -0.481 e. The van der Waals surface area contributed by atoms with Gasteiger partial charge >= 0.3 is 11.9 Å². The molecule has 0 spiro atoms. The Balaban J connectivity index is 4.07. The smallest absolute Gasteiger partial charge is 0.320 e. The molecule has 0 bridgehead atoms. The van der Waals surface area contributed by atoms with Gasteiger partial charge in [0.1, 0.15) is 0 Å². The number of hydrogen-bond donors (Lipinski definition) is 1. The highest BCUT2D eigenvalue weighted by atomic mass is 16.5. The summed E-state index contributed by atoms with van der Waals surface area (Å²) < 4.78 is 4.64. The molecule has 0 unspecified atom stereocenters. The number of rotatable bonds is 6. The van der Waals surface area contributed by atoms with Crippen LogP contribution in [0.3, 0.4) is 0 Å². The third-order valence-corrected chi connectivity index (χ3v) is 1.72. The van der Waals surface area contributed by atoms with Crippen molar-refractivity contribution in [2.45, 2.75) is 33.1 Å². The van der Waals surface area contributed by atoms with Crippen molar-refractivity contribution in [2.75, 3.05) is 6.61 Å². The summed E-state index contributed by atoms with van der Waals surface area (Å²) in [5.74, 6) is -2.70. The lowest BCUT2D eigenvalue weighted by molar-refractivity contribution is -0.158. The molecule has 4 nitrogen and oxygen atoms in total. The van der Waals surface area contributed by atoms with E-state index in [1.165, 1.54) is 0 Å². The number of esters is 1. The van der Waals surface area contributed by atoms with Gasteiger partial charge in [-0.2, -0.15) is 0 Å². The fourth-order valence-electron chi connectivity index (χ4n) is 0.993. The molecule has 1 atom stereocenters. The second-order valence-corrected chi connectivity index (χ2v) is 2.79. The molecule has 1 N–H and O–H groups in total. The summed E-state index contributed by atoms with van der Waals surface area (Å²) in [6.45, 7) is 3.84. The van der Waals surface area contributed by atoms with Crippen LogP contribution in [0, 0.1) is 5.92 Å². The standard InChI is InChI=1S/C9H16O4/c1-3-5-6-7(8(10)11)9(12)13-4-2/h7H,3-6H2,1-2H3,(H,10,11)/t7-/m1/s1. The van der Waals surface area contributed by atoms with Crippen molar-refractivity contribution < 1.29 is 19.4 Å². The van der Waals surface area contributed by atoms with Crippen molar-refractivity contribution >= 4 is 11.9 Å². The first-order chi connectivity index (χ1) is 6.13. The molecular formula is C9H16O4. The number of unbranched alkanes of at least 4 members (excludes halogenated alkanes) is 1. The Kier molecular flexibility index (Phi) is 5.93. The van der Waals surface area contributed by atoms with Crippen LogP contribution in [0.1, 0.15) is 33.1 Å². The Morgan fingerprint density at radius 1 is 1.38 bits per heavy atom. The predicted molar refractivity (Wildman–Crippen MR) is 47.3 cm³/mol. The maximum absolute atomic E-state index is 11.1. The number of hydrogen-bond acceptors (Lipinski definition) is 3. The van der Waals surface area contributed by atoms with Crippen LogP contribution in [-0.4, -0.2) is 23.7 Å². The minimum atomic E-state index is -1.09. The average Bonchev–Trinajstić information content (AvgIpc) is 2.05. The summed E-state index contributed by atoms with van der Waals surface area (Å²) in [6.07, 6.45) is 1.98. The first-order valence-corrected chi connectivity index (χ1v) is 4.52. The monoisotopic (exact) mass is 188 g/mol. The normalized spacial score (nSPS) is 12.2. The van der Waals surface area contributed by atoms with E-state index in [4.69, 9.17) is 5.11 Å². The molecule has 76 valence electrons. The van der Waals surface area contributed by atoms with Crippen molar-refractivity contribution in [1.82, 2.24) is 0 Å². The van der Waals surface area contributed by atoms with E-state index < -0.39 is 17.9 Å². The van der Waals surface area contributed by atoms with Crippen molar-refractivity contribution in [3.63, 3.8) is 0 Å². The molecule has 0 aliphatic rings. The summed E-state index contributed by atoms with van der Waals surface area (Å²) in [5, 5.41) is 8.70. The summed E-state index contributed by atoms with van der Waals surface area (Å²) in [5.41, 5.74) is 0. The van der Waals surface area contributed by atoms with Gasteiger partial charge in [0.25, 0.3) is 0 Å². The molecule has 13 heavy (non-hydrogen) atoms. The highest BCUT2D eigenvalue weighted by molar-refractivity contribution is 5.93. The maximum Gasteiger partial charge on any atom is 0.320 e. The first-order valence-electron chi connectivity index (χ1n) is 4.52. The van der Waals surface area contributed by atoms with Gasteiger partial charge in [0, 0.05) is 0 Å². The van der Waals surface area contributed by atoms with Gasteiger partial charge in [-0.1, -0.05) is 19.8 Å². The molecule has 0 aromatic rings. The molecule has 4 heteroatoms. The lowest BCUT2D eigenvalue weighted by Crippen LogP contribution is -2.25. The van der Waals surface area contributed by atoms with Gasteiger partial charge in [-0.25, -0.2) is 0 Å². The van der Waals surface area contributed by atoms with Crippen LogP contribution in [0.15, 0.2) is 0 Å². The quantitative estimate of drug-likeness (QED) is 0.506. The van der Waals surface area contributed by atoms with E-state index in [1.54, 1.807) is 6.92 Å². The molecule has 0 amide bonds. The molecule has 0 saturated heterocycles. The molecule has 0 saturated carbocycles. The van der Waals surface area contributed by atoms with Crippen molar-refractivity contribution in [3.05, 3.63) is 0 Å². The van der Waals surface area contributed by atoms with Crippen LogP contribution < -0.4 is 0 Å². The van der Waals surface area contributed by atoms with Gasteiger partial charge < -0.3 is 9.84 Å². The zero-order valence-electron chi connectivity index (χ0n) is 8.08. The number of ether oxygens (including phenoxy) is 1. The van der Waals surface area contributed by atoms with Crippen molar-refractivity contribution in [2.24, 2.45) is 5.92 Å². The second kappa shape index (κ2) is 6.46. The van der Waals surface area contributed by atoms with E-state index in [9.17, 15) is 9.59 Å². The molecule has 0 heterocycles. The van der Waals surface area contributed by atoms with E-state index in [2.05, 4.69) is 4.74 Å². The van der Waals surface area contributed by atoms with Gasteiger partial charge in [-0.15, -0.1) is 0 Å². The zero-order chi connectivity index (χ0) is 10.3. The first kappa shape index (κ1) is 11.9. The molecule has 0 aromatic heterocycles. The Labute approximate surface area is 77.9 Å². The fourth-order valence-corrected chi connectivity index (χ4v) is 0.993. The van der Waals surface area contributed by atoms with Gasteiger partial charge in [0.2, 0.25) is 0 Å². The van der Waals surface area contributed by atoms with Crippen LogP contribution >= 0.6 is 0 Å². The average molecular weight is 188 g/mol. The summed E-state index contributed by atoms with van der Waals surface area (Å²) in [7, 11) is 0. The minimum absolute atomic E-state index is 0.231. The summed E-state index contributed by atoms with van der Waals surface area (Å²) in [4.78, 5) is 21.7. The highest BCUT2D eigenvalue weighted by Gasteiger charge is 2.26. The maximum atomic E-state index is 11.1. The van der Waals surface area contributed by atoms with Gasteiger partial charge in [-0.05, 0) is 13.3 Å². The molecule has 0 aliphatic heterocycles. The SMILES string of the molecule is CCCC[C@H](C(=O)O)C(=O)OCC. The number of carboxylic acids is 1. The fraction of sp³-hybridized carbons (Fsp3) is 0.778. The van der Waals surface area contributed by atoms with E-state index in [0.29, 0.717) is 6.42 Å². The lowest BCUT2D eigenvalue weighted by atomic mass is 10.0. The van der Waals surface area contributed by atoms with Crippen molar-refractivity contribution in [3.8, 4) is 0 Å². The summed E-state index contributed by atoms with van der Waals surface area (Å²) >= 11 is 0. The predicted octanol–water partition coefficient (Wildman–Crippen LogP) is 1.44.